The summed E-state index contributed by atoms with van der Waals surface area (Å²) in [4.78, 5) is 28.8. The van der Waals surface area contributed by atoms with E-state index in [0.29, 0.717) is 27.7 Å². The van der Waals surface area contributed by atoms with Crippen molar-refractivity contribution >= 4 is 28.4 Å². The fourth-order valence-corrected chi connectivity index (χ4v) is 3.66. The predicted octanol–water partition coefficient (Wildman–Crippen LogP) is 6.02. The zero-order valence-corrected chi connectivity index (χ0v) is 17.6. The molecule has 3 aromatic carbocycles. The van der Waals surface area contributed by atoms with E-state index in [1.807, 2.05) is 54.6 Å². The number of ketones is 1. The van der Waals surface area contributed by atoms with Crippen LogP contribution in [0.1, 0.15) is 21.6 Å². The first kappa shape index (κ1) is 20.9. The summed E-state index contributed by atoms with van der Waals surface area (Å²) >= 11 is 0. The number of nitrogens with zero attached hydrogens (tertiary/aromatic N) is 2. The van der Waals surface area contributed by atoms with Gasteiger partial charge in [-0.15, -0.1) is 0 Å². The molecule has 0 fully saturated rings. The van der Waals surface area contributed by atoms with Crippen molar-refractivity contribution in [3.8, 4) is 16.9 Å². The molecule has 0 saturated carbocycles. The number of non-ortho nitro benzene ring substituents is 1. The van der Waals surface area contributed by atoms with E-state index in [2.05, 4.69) is 4.98 Å². The molecule has 0 N–H and O–H groups in total. The number of allylic oxidation sites excluding steroid dienone is 1. The fraction of sp³-hybridized carbons (Fsp3) is 0.0769. The number of aromatic nitrogens is 1. The third-order valence-corrected chi connectivity index (χ3v) is 5.21. The third-order valence-electron chi connectivity index (χ3n) is 5.21. The second kappa shape index (κ2) is 8.81. The molecule has 0 unspecified atom stereocenters. The van der Waals surface area contributed by atoms with Crippen molar-refractivity contribution in [1.29, 1.82) is 0 Å². The van der Waals surface area contributed by atoms with Gasteiger partial charge in [0.25, 0.3) is 5.69 Å². The number of nitro groups is 1. The summed E-state index contributed by atoms with van der Waals surface area (Å²) in [5, 5.41) is 11.9. The Balaban J connectivity index is 1.89. The number of carbonyl (C=O) groups excluding carboxylic acids is 1. The van der Waals surface area contributed by atoms with Crippen LogP contribution in [0.15, 0.2) is 78.9 Å². The van der Waals surface area contributed by atoms with E-state index in [4.69, 9.17) is 4.74 Å². The van der Waals surface area contributed by atoms with Crippen LogP contribution in [-0.4, -0.2) is 22.8 Å². The minimum Gasteiger partial charge on any atom is -0.497 e. The number of ether oxygens (including phenoxy) is 1. The summed E-state index contributed by atoms with van der Waals surface area (Å²) < 4.78 is 5.16. The fourth-order valence-electron chi connectivity index (χ4n) is 3.66. The Kier molecular flexibility index (Phi) is 5.77. The molecule has 0 aliphatic heterocycles. The number of benzene rings is 3. The van der Waals surface area contributed by atoms with E-state index in [-0.39, 0.29) is 11.5 Å². The maximum atomic E-state index is 13.3. The van der Waals surface area contributed by atoms with Crippen LogP contribution >= 0.6 is 0 Å². The number of carbonyl (C=O) groups is 1. The molecule has 0 spiro atoms. The van der Waals surface area contributed by atoms with Crippen molar-refractivity contribution in [2.45, 2.75) is 6.92 Å². The first-order valence-electron chi connectivity index (χ1n) is 9.98. The van der Waals surface area contributed by atoms with Gasteiger partial charge in [0, 0.05) is 28.8 Å². The first-order valence-corrected chi connectivity index (χ1v) is 9.98. The molecule has 4 rings (SSSR count). The van der Waals surface area contributed by atoms with Gasteiger partial charge in [-0.05, 0) is 42.3 Å². The lowest BCUT2D eigenvalue weighted by Gasteiger charge is -2.14. The third kappa shape index (κ3) is 4.11. The lowest BCUT2D eigenvalue weighted by molar-refractivity contribution is -0.384. The van der Waals surface area contributed by atoms with Crippen molar-refractivity contribution < 1.29 is 14.5 Å². The molecule has 0 aliphatic rings. The SMILES string of the molecule is COc1ccc(/C=C/C(=O)c2c(C)nc3ccc([N+](=O)[O-])cc3c2-c2ccccc2)cc1. The highest BCUT2D eigenvalue weighted by Crippen LogP contribution is 2.35. The van der Waals surface area contributed by atoms with Crippen LogP contribution in [0.5, 0.6) is 5.75 Å². The van der Waals surface area contributed by atoms with Gasteiger partial charge >= 0.3 is 0 Å². The lowest BCUT2D eigenvalue weighted by Crippen LogP contribution is -2.05. The molecule has 1 heterocycles. The predicted molar refractivity (Wildman–Crippen MR) is 125 cm³/mol. The maximum Gasteiger partial charge on any atom is 0.270 e. The van der Waals surface area contributed by atoms with Gasteiger partial charge in [-0.3, -0.25) is 19.9 Å². The summed E-state index contributed by atoms with van der Waals surface area (Å²) in [6.07, 6.45) is 3.23. The summed E-state index contributed by atoms with van der Waals surface area (Å²) in [6.45, 7) is 1.78. The van der Waals surface area contributed by atoms with Crippen molar-refractivity contribution in [1.82, 2.24) is 4.98 Å². The highest BCUT2D eigenvalue weighted by atomic mass is 16.6. The van der Waals surface area contributed by atoms with Gasteiger partial charge in [-0.2, -0.15) is 0 Å². The van der Waals surface area contributed by atoms with Crippen molar-refractivity contribution in [2.24, 2.45) is 0 Å². The van der Waals surface area contributed by atoms with Crippen LogP contribution < -0.4 is 4.74 Å². The molecule has 0 aliphatic carbocycles. The number of methoxy groups -OCH3 is 1. The second-order valence-corrected chi connectivity index (χ2v) is 7.24. The average Bonchev–Trinajstić information content (AvgIpc) is 2.82. The summed E-state index contributed by atoms with van der Waals surface area (Å²) in [7, 11) is 1.60. The Morgan fingerprint density at radius 3 is 2.41 bits per heavy atom. The minimum atomic E-state index is -0.445. The highest BCUT2D eigenvalue weighted by Gasteiger charge is 2.20. The largest absolute Gasteiger partial charge is 0.497 e. The van der Waals surface area contributed by atoms with Crippen LogP contribution in [0.3, 0.4) is 0 Å². The molecule has 6 heteroatoms. The Bertz CT molecular complexity index is 1340. The van der Waals surface area contributed by atoms with E-state index in [0.717, 1.165) is 16.9 Å². The molecular weight excluding hydrogens is 404 g/mol. The smallest absolute Gasteiger partial charge is 0.270 e. The number of fused-ring (bicyclic) bond motifs is 1. The number of pyridine rings is 1. The van der Waals surface area contributed by atoms with Gasteiger partial charge in [0.15, 0.2) is 5.78 Å². The molecule has 0 bridgehead atoms. The van der Waals surface area contributed by atoms with Gasteiger partial charge in [-0.25, -0.2) is 0 Å². The molecule has 0 radical (unpaired) electrons. The van der Waals surface area contributed by atoms with Crippen molar-refractivity contribution in [3.63, 3.8) is 0 Å². The van der Waals surface area contributed by atoms with Crippen LogP contribution in [0, 0.1) is 17.0 Å². The number of nitro benzene ring substituents is 1. The second-order valence-electron chi connectivity index (χ2n) is 7.24. The van der Waals surface area contributed by atoms with Crippen molar-refractivity contribution in [3.05, 3.63) is 106 Å². The molecule has 0 atom stereocenters. The number of hydrogen-bond acceptors (Lipinski definition) is 5. The molecule has 6 nitrogen and oxygen atoms in total. The number of aryl methyl sites for hydroxylation is 1. The van der Waals surface area contributed by atoms with Gasteiger partial charge in [0.1, 0.15) is 5.75 Å². The van der Waals surface area contributed by atoms with Crippen LogP contribution in [-0.2, 0) is 0 Å². The first-order chi connectivity index (χ1) is 15.5. The summed E-state index contributed by atoms with van der Waals surface area (Å²) in [6, 6.07) is 21.3. The topological polar surface area (TPSA) is 82.3 Å². The molecule has 32 heavy (non-hydrogen) atoms. The monoisotopic (exact) mass is 424 g/mol. The highest BCUT2D eigenvalue weighted by molar-refractivity contribution is 6.16. The van der Waals surface area contributed by atoms with E-state index in [1.54, 1.807) is 26.2 Å². The summed E-state index contributed by atoms with van der Waals surface area (Å²) in [5.74, 6) is 0.508. The zero-order chi connectivity index (χ0) is 22.7. The minimum absolute atomic E-state index is 0.0486. The van der Waals surface area contributed by atoms with Gasteiger partial charge < -0.3 is 4.74 Å². The summed E-state index contributed by atoms with van der Waals surface area (Å²) in [5.41, 5.74) is 3.83. The van der Waals surface area contributed by atoms with Crippen LogP contribution in [0.4, 0.5) is 5.69 Å². The van der Waals surface area contributed by atoms with E-state index in [1.165, 1.54) is 18.2 Å². The Hall–Kier alpha value is -4.32. The Morgan fingerprint density at radius 2 is 1.75 bits per heavy atom. The normalized spacial score (nSPS) is 11.1. The van der Waals surface area contributed by atoms with E-state index < -0.39 is 4.92 Å². The molecule has 1 aromatic heterocycles. The van der Waals surface area contributed by atoms with Crippen LogP contribution in [0.25, 0.3) is 28.1 Å². The molecule has 0 amide bonds. The molecule has 4 aromatic rings. The standard InChI is InChI=1S/C26H20N2O4/c1-17-25(24(29)15-10-18-8-12-21(32-2)13-9-18)26(19-6-4-3-5-7-19)22-16-20(28(30)31)11-14-23(22)27-17/h3-16H,1-2H3/b15-10+. The van der Waals surface area contributed by atoms with Gasteiger partial charge in [0.2, 0.25) is 0 Å². The Morgan fingerprint density at radius 1 is 1.03 bits per heavy atom. The molecule has 0 saturated heterocycles. The van der Waals surface area contributed by atoms with Crippen molar-refractivity contribution in [2.75, 3.05) is 7.11 Å². The van der Waals surface area contributed by atoms with Crippen LogP contribution in [0.2, 0.25) is 0 Å². The van der Waals surface area contributed by atoms with Gasteiger partial charge in [-0.1, -0.05) is 48.5 Å². The van der Waals surface area contributed by atoms with Gasteiger partial charge in [0.05, 0.1) is 23.1 Å². The number of rotatable bonds is 6. The zero-order valence-electron chi connectivity index (χ0n) is 17.6. The number of hydrogen-bond donors (Lipinski definition) is 0. The van der Waals surface area contributed by atoms with E-state index in [9.17, 15) is 14.9 Å². The molecule has 158 valence electrons. The maximum absolute atomic E-state index is 13.3. The quantitative estimate of drug-likeness (QED) is 0.163. The van der Waals surface area contributed by atoms with E-state index >= 15 is 0 Å². The average molecular weight is 424 g/mol. The Labute approximate surface area is 185 Å². The lowest BCUT2D eigenvalue weighted by atomic mass is 9.91. The molecular formula is C26H20N2O4.